The van der Waals surface area contributed by atoms with Gasteiger partial charge in [-0.15, -0.1) is 0 Å². The van der Waals surface area contributed by atoms with Crippen molar-refractivity contribution >= 4 is 34.3 Å². The van der Waals surface area contributed by atoms with Gasteiger partial charge in [0.2, 0.25) is 0 Å². The van der Waals surface area contributed by atoms with Crippen molar-refractivity contribution in [3.05, 3.63) is 59.1 Å². The van der Waals surface area contributed by atoms with Crippen molar-refractivity contribution in [2.45, 2.75) is 0 Å². The molecule has 1 unspecified atom stereocenters. The van der Waals surface area contributed by atoms with E-state index in [1.165, 1.54) is 0 Å². The largest absolute Gasteiger partial charge is 0.277 e. The van der Waals surface area contributed by atoms with Gasteiger partial charge in [-0.05, 0) is 30.3 Å². The second kappa shape index (κ2) is 4.69. The van der Waals surface area contributed by atoms with Gasteiger partial charge in [0.15, 0.2) is 0 Å². The van der Waals surface area contributed by atoms with E-state index in [1.54, 1.807) is 0 Å². The molecule has 15 heavy (non-hydrogen) atoms. The molecule has 0 aliphatic rings. The molecule has 0 heterocycles. The van der Waals surface area contributed by atoms with Crippen LogP contribution < -0.4 is 10.6 Å². The summed E-state index contributed by atoms with van der Waals surface area (Å²) in [6.07, 6.45) is 0. The zero-order valence-corrected chi connectivity index (χ0v) is 10.4. The molecule has 0 saturated heterocycles. The maximum atomic E-state index is 12.1. The third-order valence-corrected chi connectivity index (χ3v) is 4.04. The van der Waals surface area contributed by atoms with Gasteiger partial charge in [-0.25, -0.2) is 0 Å². The summed E-state index contributed by atoms with van der Waals surface area (Å²) in [7, 11) is -1.47. The third kappa shape index (κ3) is 2.53. The third-order valence-electron chi connectivity index (χ3n) is 2.03. The first-order chi connectivity index (χ1) is 7.27. The van der Waals surface area contributed by atoms with Crippen molar-refractivity contribution < 1.29 is 4.57 Å². The Labute approximate surface area is 98.1 Å². The van der Waals surface area contributed by atoms with Crippen LogP contribution in [-0.4, -0.2) is 0 Å². The molecular weight excluding hydrogens is 271 g/mol. The molecular formula is C12H9BrOP. The second-order valence-electron chi connectivity index (χ2n) is 3.11. The first kappa shape index (κ1) is 10.5. The Hall–Kier alpha value is -0.980. The number of benzene rings is 2. The summed E-state index contributed by atoms with van der Waals surface area (Å²) in [5, 5.41) is 1.72. The highest BCUT2D eigenvalue weighted by molar-refractivity contribution is 9.10. The Balaban J connectivity index is 2.37. The molecule has 1 atom stereocenters. The van der Waals surface area contributed by atoms with E-state index in [2.05, 4.69) is 15.9 Å². The van der Waals surface area contributed by atoms with Crippen LogP contribution in [0.3, 0.4) is 0 Å². The zero-order chi connectivity index (χ0) is 10.7. The molecule has 1 nitrogen and oxygen atoms in total. The summed E-state index contributed by atoms with van der Waals surface area (Å²) < 4.78 is 13.1. The summed E-state index contributed by atoms with van der Waals surface area (Å²) >= 11 is 3.37. The SMILES string of the molecule is O=[P](c1ccccc1)c1cccc(Br)c1. The average Bonchev–Trinajstić information content (AvgIpc) is 2.29. The molecule has 1 radical (unpaired) electrons. The van der Waals surface area contributed by atoms with Crippen molar-refractivity contribution in [1.29, 1.82) is 0 Å². The van der Waals surface area contributed by atoms with E-state index >= 15 is 0 Å². The first-order valence-corrected chi connectivity index (χ1v) is 6.60. The van der Waals surface area contributed by atoms with Crippen molar-refractivity contribution in [3.8, 4) is 0 Å². The minimum atomic E-state index is -1.47. The molecule has 0 aliphatic heterocycles. The second-order valence-corrected chi connectivity index (χ2v) is 5.65. The molecule has 2 aromatic carbocycles. The molecule has 2 aromatic rings. The lowest BCUT2D eigenvalue weighted by atomic mass is 10.4. The number of hydrogen-bond donors (Lipinski definition) is 0. The first-order valence-electron chi connectivity index (χ1n) is 4.55. The van der Waals surface area contributed by atoms with Gasteiger partial charge in [0, 0.05) is 15.1 Å². The van der Waals surface area contributed by atoms with Gasteiger partial charge < -0.3 is 0 Å². The molecule has 0 aromatic heterocycles. The van der Waals surface area contributed by atoms with Gasteiger partial charge in [0.05, 0.1) is 0 Å². The minimum Gasteiger partial charge on any atom is -0.277 e. The summed E-state index contributed by atoms with van der Waals surface area (Å²) in [5.74, 6) is 0. The van der Waals surface area contributed by atoms with Gasteiger partial charge in [-0.3, -0.25) is 4.57 Å². The number of hydrogen-bond acceptors (Lipinski definition) is 1. The van der Waals surface area contributed by atoms with Crippen LogP contribution in [-0.2, 0) is 4.57 Å². The fourth-order valence-electron chi connectivity index (χ4n) is 1.31. The quantitative estimate of drug-likeness (QED) is 0.772. The summed E-state index contributed by atoms with van der Waals surface area (Å²) in [6, 6.07) is 17.1. The van der Waals surface area contributed by atoms with Gasteiger partial charge in [0.25, 0.3) is 0 Å². The highest BCUT2D eigenvalue weighted by Gasteiger charge is 2.06. The van der Waals surface area contributed by atoms with E-state index in [0.29, 0.717) is 0 Å². The molecule has 0 bridgehead atoms. The average molecular weight is 280 g/mol. The van der Waals surface area contributed by atoms with Crippen LogP contribution in [0.25, 0.3) is 0 Å². The maximum absolute atomic E-state index is 12.1. The standard InChI is InChI=1S/C12H9BrOP/c13-10-5-4-8-12(9-10)15(14)11-6-2-1-3-7-11/h1-9H. The molecule has 2 rings (SSSR count). The Bertz CT molecular complexity index is 482. The smallest absolute Gasteiger partial charge is 0.136 e. The monoisotopic (exact) mass is 279 g/mol. The highest BCUT2D eigenvalue weighted by atomic mass is 79.9. The van der Waals surface area contributed by atoms with Crippen LogP contribution in [0.4, 0.5) is 0 Å². The minimum absolute atomic E-state index is 0.852. The molecule has 3 heteroatoms. The van der Waals surface area contributed by atoms with Crippen LogP contribution in [0.1, 0.15) is 0 Å². The van der Waals surface area contributed by atoms with Crippen molar-refractivity contribution in [3.63, 3.8) is 0 Å². The van der Waals surface area contributed by atoms with Crippen LogP contribution in [0.5, 0.6) is 0 Å². The molecule has 0 N–H and O–H groups in total. The molecule has 0 aliphatic carbocycles. The van der Waals surface area contributed by atoms with Crippen LogP contribution >= 0.6 is 23.7 Å². The normalized spacial score (nSPS) is 11.1. The molecule has 0 fully saturated rings. The summed E-state index contributed by atoms with van der Waals surface area (Å²) in [5.41, 5.74) is 0. The van der Waals surface area contributed by atoms with Crippen molar-refractivity contribution in [2.24, 2.45) is 0 Å². The number of halogens is 1. The number of rotatable bonds is 2. The van der Waals surface area contributed by atoms with Crippen LogP contribution in [0.15, 0.2) is 59.1 Å². The van der Waals surface area contributed by atoms with Crippen LogP contribution in [0.2, 0.25) is 0 Å². The van der Waals surface area contributed by atoms with Gasteiger partial charge in [0.1, 0.15) is 7.80 Å². The van der Waals surface area contributed by atoms with Crippen LogP contribution in [0, 0.1) is 0 Å². The molecule has 0 amide bonds. The van der Waals surface area contributed by atoms with E-state index in [0.717, 1.165) is 15.1 Å². The maximum Gasteiger partial charge on any atom is 0.136 e. The van der Waals surface area contributed by atoms with Crippen molar-refractivity contribution in [1.82, 2.24) is 0 Å². The predicted octanol–water partition coefficient (Wildman–Crippen LogP) is 3.23. The summed E-state index contributed by atoms with van der Waals surface area (Å²) in [4.78, 5) is 0. The Morgan fingerprint density at radius 1 is 0.867 bits per heavy atom. The molecule has 0 saturated carbocycles. The zero-order valence-electron chi connectivity index (χ0n) is 7.93. The lowest BCUT2D eigenvalue weighted by molar-refractivity contribution is 0.598. The van der Waals surface area contributed by atoms with Gasteiger partial charge in [-0.1, -0.05) is 40.2 Å². The van der Waals surface area contributed by atoms with E-state index in [9.17, 15) is 4.57 Å². The topological polar surface area (TPSA) is 17.1 Å². The Kier molecular flexibility index (Phi) is 3.30. The van der Waals surface area contributed by atoms with E-state index in [1.807, 2.05) is 54.6 Å². The highest BCUT2D eigenvalue weighted by Crippen LogP contribution is 2.20. The van der Waals surface area contributed by atoms with Crippen molar-refractivity contribution in [2.75, 3.05) is 0 Å². The lowest BCUT2D eigenvalue weighted by Crippen LogP contribution is -2.05. The molecule has 0 spiro atoms. The fourth-order valence-corrected chi connectivity index (χ4v) is 3.11. The molecule has 75 valence electrons. The Morgan fingerprint density at radius 3 is 2.20 bits per heavy atom. The van der Waals surface area contributed by atoms with E-state index in [-0.39, 0.29) is 0 Å². The predicted molar refractivity (Wildman–Crippen MR) is 67.5 cm³/mol. The van der Waals surface area contributed by atoms with E-state index < -0.39 is 7.80 Å². The lowest BCUT2D eigenvalue weighted by Gasteiger charge is -2.01. The Morgan fingerprint density at radius 2 is 1.53 bits per heavy atom. The summed E-state index contributed by atoms with van der Waals surface area (Å²) in [6.45, 7) is 0. The van der Waals surface area contributed by atoms with Gasteiger partial charge in [-0.2, -0.15) is 0 Å². The van der Waals surface area contributed by atoms with E-state index in [4.69, 9.17) is 0 Å². The van der Waals surface area contributed by atoms with Gasteiger partial charge >= 0.3 is 0 Å². The fraction of sp³-hybridized carbons (Fsp3) is 0.